The Morgan fingerprint density at radius 3 is 2.82 bits per heavy atom. The van der Waals surface area contributed by atoms with Crippen molar-refractivity contribution in [2.75, 3.05) is 13.1 Å². The first-order chi connectivity index (χ1) is 10.8. The Kier molecular flexibility index (Phi) is 3.58. The van der Waals surface area contributed by atoms with E-state index in [9.17, 15) is 0 Å². The lowest BCUT2D eigenvalue weighted by Crippen LogP contribution is -2.71. The topological polar surface area (TPSA) is 50.1 Å². The highest BCUT2D eigenvalue weighted by Gasteiger charge is 2.38. The van der Waals surface area contributed by atoms with E-state index in [0.29, 0.717) is 5.92 Å². The van der Waals surface area contributed by atoms with Gasteiger partial charge in [0.05, 0.1) is 11.6 Å². The van der Waals surface area contributed by atoms with Crippen LogP contribution in [0.15, 0.2) is 41.6 Å². The lowest BCUT2D eigenvalue weighted by molar-refractivity contribution is -0.444. The Hall–Kier alpha value is -1.88. The van der Waals surface area contributed by atoms with E-state index in [1.165, 1.54) is 35.5 Å². The normalized spacial score (nSPS) is 27.5. The number of hydrogen-bond donors (Lipinski definition) is 4. The molecule has 2 heterocycles. The Balaban J connectivity index is 1.75. The van der Waals surface area contributed by atoms with Crippen molar-refractivity contribution in [2.45, 2.75) is 25.3 Å². The molecule has 1 fully saturated rings. The van der Waals surface area contributed by atoms with Gasteiger partial charge in [0.15, 0.2) is 5.11 Å². The van der Waals surface area contributed by atoms with E-state index < -0.39 is 0 Å². The number of benzene rings is 1. The zero-order valence-electron chi connectivity index (χ0n) is 12.5. The molecule has 4 nitrogen and oxygen atoms in total. The van der Waals surface area contributed by atoms with E-state index >= 15 is 0 Å². The largest absolute Gasteiger partial charge is 0.355 e. The molecule has 114 valence electrons. The first-order valence-electron chi connectivity index (χ1n) is 8.03. The summed E-state index contributed by atoms with van der Waals surface area (Å²) in [5.74, 6) is 1.65. The minimum atomic E-state index is 0.266. The van der Waals surface area contributed by atoms with Gasteiger partial charge < -0.3 is 10.6 Å². The van der Waals surface area contributed by atoms with Gasteiger partial charge in [-0.1, -0.05) is 30.3 Å². The smallest absolute Gasteiger partial charge is 0.272 e. The number of thiocarbonyl (C=S) groups is 1. The molecule has 2 atom stereocenters. The quantitative estimate of drug-likeness (QED) is 0.595. The van der Waals surface area contributed by atoms with Crippen LogP contribution in [0.25, 0.3) is 0 Å². The second-order valence-corrected chi connectivity index (χ2v) is 6.51. The molecule has 4 rings (SSSR count). The highest BCUT2D eigenvalue weighted by molar-refractivity contribution is 7.80. The van der Waals surface area contributed by atoms with Gasteiger partial charge in [-0.05, 0) is 37.0 Å². The Morgan fingerprint density at radius 2 is 2.05 bits per heavy atom. The summed E-state index contributed by atoms with van der Waals surface area (Å²) in [6, 6.07) is 10.9. The van der Waals surface area contributed by atoms with Crippen molar-refractivity contribution in [2.24, 2.45) is 5.92 Å². The van der Waals surface area contributed by atoms with Crippen LogP contribution in [-0.2, 0) is 0 Å². The molecular formula is C17H21N4S+. The van der Waals surface area contributed by atoms with Crippen LogP contribution in [0.1, 0.15) is 30.9 Å². The summed E-state index contributed by atoms with van der Waals surface area (Å²) in [5, 5.41) is 11.1. The molecule has 1 aromatic rings. The summed E-state index contributed by atoms with van der Waals surface area (Å²) < 4.78 is 0. The van der Waals surface area contributed by atoms with Crippen molar-refractivity contribution in [3.63, 3.8) is 0 Å². The summed E-state index contributed by atoms with van der Waals surface area (Å²) in [6.07, 6.45) is 3.52. The Morgan fingerprint density at radius 1 is 1.18 bits per heavy atom. The van der Waals surface area contributed by atoms with Crippen molar-refractivity contribution in [3.8, 4) is 0 Å². The fourth-order valence-electron chi connectivity index (χ4n) is 3.79. The molecule has 22 heavy (non-hydrogen) atoms. The van der Waals surface area contributed by atoms with Gasteiger partial charge in [0.2, 0.25) is 0 Å². The van der Waals surface area contributed by atoms with Gasteiger partial charge >= 0.3 is 0 Å². The molecule has 0 spiro atoms. The molecule has 0 bridgehead atoms. The lowest BCUT2D eigenvalue weighted by Gasteiger charge is -2.40. The molecule has 0 unspecified atom stereocenters. The monoisotopic (exact) mass is 313 g/mol. The molecule has 1 aliphatic carbocycles. The fourth-order valence-corrected chi connectivity index (χ4v) is 4.03. The van der Waals surface area contributed by atoms with Gasteiger partial charge in [0, 0.05) is 11.6 Å². The van der Waals surface area contributed by atoms with E-state index in [1.54, 1.807) is 0 Å². The number of nitrogens with one attached hydrogen (secondary N) is 4. The maximum Gasteiger partial charge on any atom is 0.272 e. The van der Waals surface area contributed by atoms with E-state index in [4.69, 9.17) is 12.2 Å². The van der Waals surface area contributed by atoms with Crippen LogP contribution < -0.4 is 20.9 Å². The van der Waals surface area contributed by atoms with Gasteiger partial charge in [-0.25, -0.2) is 0 Å². The number of rotatable bonds is 2. The molecule has 2 aliphatic heterocycles. The zero-order valence-corrected chi connectivity index (χ0v) is 13.3. The van der Waals surface area contributed by atoms with Gasteiger partial charge in [0.1, 0.15) is 13.1 Å². The number of fused-ring (bicyclic) bond motifs is 1. The fraction of sp³-hybridized carbons (Fsp3) is 0.412. The third kappa shape index (κ3) is 2.39. The van der Waals surface area contributed by atoms with Crippen LogP contribution in [-0.4, -0.2) is 24.0 Å². The third-order valence-electron chi connectivity index (χ3n) is 4.76. The average molecular weight is 313 g/mol. The third-order valence-corrected chi connectivity index (χ3v) is 4.98. The molecule has 0 saturated carbocycles. The van der Waals surface area contributed by atoms with E-state index in [2.05, 4.69) is 51.3 Å². The summed E-state index contributed by atoms with van der Waals surface area (Å²) in [6.45, 7) is 2.00. The molecule has 4 N–H and O–H groups in total. The Bertz CT molecular complexity index is 650. The predicted molar refractivity (Wildman–Crippen MR) is 91.3 cm³/mol. The van der Waals surface area contributed by atoms with Crippen LogP contribution in [0.2, 0.25) is 0 Å². The van der Waals surface area contributed by atoms with Crippen LogP contribution in [0, 0.1) is 5.92 Å². The minimum absolute atomic E-state index is 0.266. The van der Waals surface area contributed by atoms with Gasteiger partial charge in [0.25, 0.3) is 5.84 Å². The minimum Gasteiger partial charge on any atom is -0.355 e. The molecule has 1 saturated heterocycles. The SMILES string of the molecule is S=C1NC2=C(C3=[NH+]CCN3)CCC[C@@H]2[C@H](c2ccccc2)N1. The van der Waals surface area contributed by atoms with E-state index in [0.717, 1.165) is 24.6 Å². The maximum absolute atomic E-state index is 5.47. The van der Waals surface area contributed by atoms with Crippen LogP contribution in [0.3, 0.4) is 0 Å². The van der Waals surface area contributed by atoms with E-state index in [-0.39, 0.29) is 6.04 Å². The summed E-state index contributed by atoms with van der Waals surface area (Å²) in [5.41, 5.74) is 4.01. The summed E-state index contributed by atoms with van der Waals surface area (Å²) >= 11 is 5.47. The molecule has 3 aliphatic rings. The highest BCUT2D eigenvalue weighted by Crippen LogP contribution is 2.39. The highest BCUT2D eigenvalue weighted by atomic mass is 32.1. The second kappa shape index (κ2) is 5.72. The molecule has 0 aromatic heterocycles. The standard InChI is InChI=1S/C17H20N4S/c22-17-20-14(11-5-2-1-3-6-11)12-7-4-8-13(15(12)21-17)16-18-9-10-19-16/h1-3,5-6,12,14H,4,7-10H2,(H,18,19)(H2,20,21,22)/p+1/t12-,14+/m1/s1. The summed E-state index contributed by atoms with van der Waals surface area (Å²) in [4.78, 5) is 3.47. The molecule has 0 radical (unpaired) electrons. The first kappa shape index (κ1) is 13.8. The average Bonchev–Trinajstić information content (AvgIpc) is 3.08. The van der Waals surface area contributed by atoms with Gasteiger partial charge in [-0.3, -0.25) is 10.3 Å². The lowest BCUT2D eigenvalue weighted by atomic mass is 9.78. The van der Waals surface area contributed by atoms with Crippen molar-refractivity contribution in [1.82, 2.24) is 16.0 Å². The van der Waals surface area contributed by atoms with Crippen molar-refractivity contribution < 1.29 is 4.99 Å². The first-order valence-corrected chi connectivity index (χ1v) is 8.44. The molecule has 1 aromatic carbocycles. The van der Waals surface area contributed by atoms with Gasteiger partial charge in [-0.2, -0.15) is 0 Å². The maximum atomic E-state index is 5.47. The number of hydrogen-bond acceptors (Lipinski definition) is 2. The molecule has 0 amide bonds. The van der Waals surface area contributed by atoms with E-state index in [1.807, 2.05) is 0 Å². The summed E-state index contributed by atoms with van der Waals surface area (Å²) in [7, 11) is 0. The molecular weight excluding hydrogens is 292 g/mol. The van der Waals surface area contributed by atoms with Crippen LogP contribution in [0.5, 0.6) is 0 Å². The van der Waals surface area contributed by atoms with Crippen molar-refractivity contribution in [3.05, 3.63) is 47.2 Å². The van der Waals surface area contributed by atoms with Gasteiger partial charge in [-0.15, -0.1) is 0 Å². The zero-order chi connectivity index (χ0) is 14.9. The van der Waals surface area contributed by atoms with Crippen molar-refractivity contribution >= 4 is 23.2 Å². The van der Waals surface area contributed by atoms with Crippen molar-refractivity contribution in [1.29, 1.82) is 0 Å². The van der Waals surface area contributed by atoms with Crippen LogP contribution >= 0.6 is 12.2 Å². The number of amidine groups is 1. The Labute approximate surface area is 136 Å². The second-order valence-electron chi connectivity index (χ2n) is 6.11. The van der Waals surface area contributed by atoms with Crippen LogP contribution in [0.4, 0.5) is 0 Å². The molecule has 5 heteroatoms. The predicted octanol–water partition coefficient (Wildman–Crippen LogP) is 0.342.